The van der Waals surface area contributed by atoms with Crippen LogP contribution in [0.3, 0.4) is 0 Å². The molecule has 2 aliphatic heterocycles. The number of likely N-dealkylation sites (tertiary alicyclic amines) is 1. The second-order valence-electron chi connectivity index (χ2n) is 9.95. The predicted molar refractivity (Wildman–Crippen MR) is 130 cm³/mol. The molecule has 1 aliphatic carbocycles. The first-order chi connectivity index (χ1) is 16.5. The number of aromatic nitrogens is 4. The lowest BCUT2D eigenvalue weighted by atomic mass is 9.88. The number of benzene rings is 1. The van der Waals surface area contributed by atoms with Gasteiger partial charge in [0, 0.05) is 16.6 Å². The Balaban J connectivity index is 1.20. The Morgan fingerprint density at radius 2 is 2.03 bits per heavy atom. The molecular weight excluding hydrogens is 450 g/mol. The fourth-order valence-electron chi connectivity index (χ4n) is 5.04. The zero-order valence-corrected chi connectivity index (χ0v) is 20.1. The average Bonchev–Trinajstić information content (AvgIpc) is 3.52. The first-order valence-electron chi connectivity index (χ1n) is 12.0. The molecule has 2 saturated heterocycles. The molecule has 3 aliphatic rings. The standard InChI is InChI=1S/C25H28ClN7O/c1-16-23(11-29-33(16)15-25(14-27)4-5-25)31-24-28-10-18-8-21(26)20(9-22(18)30-24)17-2-6-32(7-3-17)19-12-34-13-19/h8-11,17,19H,2-7,12-13,15H2,1H3,(H,28,30,31). The third-order valence-corrected chi connectivity index (χ3v) is 8.02. The van der Waals surface area contributed by atoms with Gasteiger partial charge in [-0.15, -0.1) is 0 Å². The van der Waals surface area contributed by atoms with Crippen molar-refractivity contribution in [3.63, 3.8) is 0 Å². The zero-order chi connectivity index (χ0) is 23.3. The second kappa shape index (κ2) is 8.49. The van der Waals surface area contributed by atoms with Crippen LogP contribution in [0.5, 0.6) is 0 Å². The third kappa shape index (κ3) is 4.02. The Morgan fingerprint density at radius 3 is 2.71 bits per heavy atom. The average molecular weight is 478 g/mol. The molecule has 1 saturated carbocycles. The monoisotopic (exact) mass is 477 g/mol. The number of hydrogen-bond acceptors (Lipinski definition) is 7. The largest absolute Gasteiger partial charge is 0.378 e. The van der Waals surface area contributed by atoms with E-state index < -0.39 is 0 Å². The maximum absolute atomic E-state index is 9.40. The van der Waals surface area contributed by atoms with Crippen molar-refractivity contribution in [2.75, 3.05) is 31.6 Å². The van der Waals surface area contributed by atoms with Gasteiger partial charge in [0.25, 0.3) is 0 Å². The summed E-state index contributed by atoms with van der Waals surface area (Å²) in [6, 6.07) is 7.15. The number of piperidine rings is 1. The molecule has 9 heteroatoms. The van der Waals surface area contributed by atoms with Crippen molar-refractivity contribution in [3.05, 3.63) is 40.8 Å². The van der Waals surface area contributed by atoms with Crippen LogP contribution in [0.2, 0.25) is 5.02 Å². The minimum absolute atomic E-state index is 0.245. The molecule has 0 atom stereocenters. The maximum atomic E-state index is 9.40. The van der Waals surface area contributed by atoms with Crippen molar-refractivity contribution in [1.29, 1.82) is 5.26 Å². The van der Waals surface area contributed by atoms with Crippen LogP contribution in [0.1, 0.15) is 42.9 Å². The van der Waals surface area contributed by atoms with Crippen molar-refractivity contribution < 1.29 is 4.74 Å². The summed E-state index contributed by atoms with van der Waals surface area (Å²) in [7, 11) is 0. The molecular formula is C25H28ClN7O. The highest BCUT2D eigenvalue weighted by atomic mass is 35.5. The van der Waals surface area contributed by atoms with Gasteiger partial charge >= 0.3 is 0 Å². The molecule has 0 amide bonds. The lowest BCUT2D eigenvalue weighted by Crippen LogP contribution is -2.51. The Kier molecular flexibility index (Phi) is 5.44. The molecule has 0 radical (unpaired) electrons. The van der Waals surface area contributed by atoms with Gasteiger partial charge in [0.15, 0.2) is 0 Å². The highest BCUT2D eigenvalue weighted by Gasteiger charge is 2.44. The van der Waals surface area contributed by atoms with E-state index in [-0.39, 0.29) is 5.41 Å². The molecule has 0 unspecified atom stereocenters. The molecule has 2 aromatic heterocycles. The van der Waals surface area contributed by atoms with E-state index in [0.29, 0.717) is 24.5 Å². The summed E-state index contributed by atoms with van der Waals surface area (Å²) in [5.74, 6) is 0.973. The van der Waals surface area contributed by atoms with Crippen LogP contribution in [-0.4, -0.2) is 57.0 Å². The van der Waals surface area contributed by atoms with Gasteiger partial charge in [0.2, 0.25) is 5.95 Å². The topological polar surface area (TPSA) is 91.9 Å². The minimum Gasteiger partial charge on any atom is -0.378 e. The quantitative estimate of drug-likeness (QED) is 0.562. The number of fused-ring (bicyclic) bond motifs is 1. The summed E-state index contributed by atoms with van der Waals surface area (Å²) < 4.78 is 7.26. The van der Waals surface area contributed by atoms with E-state index in [2.05, 4.69) is 32.4 Å². The lowest BCUT2D eigenvalue weighted by molar-refractivity contribution is -0.0712. The molecule has 6 rings (SSSR count). The van der Waals surface area contributed by atoms with Crippen LogP contribution in [0.25, 0.3) is 10.9 Å². The van der Waals surface area contributed by atoms with Crippen LogP contribution >= 0.6 is 11.6 Å². The molecule has 8 nitrogen and oxygen atoms in total. The van der Waals surface area contributed by atoms with E-state index in [9.17, 15) is 5.26 Å². The summed E-state index contributed by atoms with van der Waals surface area (Å²) in [6.07, 6.45) is 7.68. The van der Waals surface area contributed by atoms with Gasteiger partial charge in [-0.2, -0.15) is 10.4 Å². The van der Waals surface area contributed by atoms with Gasteiger partial charge in [-0.1, -0.05) is 11.6 Å². The van der Waals surface area contributed by atoms with Gasteiger partial charge in [-0.3, -0.25) is 9.58 Å². The first-order valence-corrected chi connectivity index (χ1v) is 12.4. The molecule has 34 heavy (non-hydrogen) atoms. The van der Waals surface area contributed by atoms with Crippen molar-refractivity contribution in [2.24, 2.45) is 5.41 Å². The van der Waals surface area contributed by atoms with E-state index in [1.165, 1.54) is 5.56 Å². The predicted octanol–water partition coefficient (Wildman–Crippen LogP) is 4.41. The van der Waals surface area contributed by atoms with Crippen LogP contribution in [0.15, 0.2) is 24.5 Å². The van der Waals surface area contributed by atoms with Crippen LogP contribution < -0.4 is 5.32 Å². The number of ether oxygens (including phenoxy) is 1. The summed E-state index contributed by atoms with van der Waals surface area (Å²) in [4.78, 5) is 11.8. The fraction of sp³-hybridized carbons (Fsp3) is 0.520. The van der Waals surface area contributed by atoms with E-state index >= 15 is 0 Å². The van der Waals surface area contributed by atoms with E-state index in [1.807, 2.05) is 23.9 Å². The van der Waals surface area contributed by atoms with Gasteiger partial charge < -0.3 is 10.1 Å². The Bertz CT molecular complexity index is 1270. The Hall–Kier alpha value is -2.73. The number of halogens is 1. The van der Waals surface area contributed by atoms with Crippen LogP contribution in [-0.2, 0) is 11.3 Å². The van der Waals surface area contributed by atoms with Crippen LogP contribution in [0, 0.1) is 23.7 Å². The van der Waals surface area contributed by atoms with E-state index in [4.69, 9.17) is 21.3 Å². The van der Waals surface area contributed by atoms with Crippen molar-refractivity contribution >= 4 is 34.1 Å². The van der Waals surface area contributed by atoms with Gasteiger partial charge in [0.1, 0.15) is 0 Å². The highest BCUT2D eigenvalue weighted by molar-refractivity contribution is 6.32. The molecule has 3 aromatic rings. The number of anilines is 2. The Labute approximate surface area is 203 Å². The molecule has 176 valence electrons. The van der Waals surface area contributed by atoms with Crippen molar-refractivity contribution in [2.45, 2.75) is 51.1 Å². The van der Waals surface area contributed by atoms with Gasteiger partial charge in [-0.05, 0) is 69.3 Å². The molecule has 4 heterocycles. The van der Waals surface area contributed by atoms with E-state index in [1.54, 1.807) is 6.20 Å². The first kappa shape index (κ1) is 21.8. The highest BCUT2D eigenvalue weighted by Crippen LogP contribution is 2.46. The Morgan fingerprint density at radius 1 is 1.24 bits per heavy atom. The number of hydrogen-bond donors (Lipinski definition) is 1. The maximum Gasteiger partial charge on any atom is 0.227 e. The zero-order valence-electron chi connectivity index (χ0n) is 19.3. The van der Waals surface area contributed by atoms with Gasteiger partial charge in [0.05, 0.1) is 60.4 Å². The molecule has 1 aromatic carbocycles. The summed E-state index contributed by atoms with van der Waals surface area (Å²) in [6.45, 7) is 6.53. The fourth-order valence-corrected chi connectivity index (χ4v) is 5.37. The minimum atomic E-state index is -0.245. The summed E-state index contributed by atoms with van der Waals surface area (Å²) >= 11 is 6.70. The van der Waals surface area contributed by atoms with Crippen molar-refractivity contribution in [1.82, 2.24) is 24.6 Å². The summed E-state index contributed by atoms with van der Waals surface area (Å²) in [5, 5.41) is 18.9. The normalized spacial score (nSPS) is 20.7. The number of nitrogens with one attached hydrogen (secondary N) is 1. The second-order valence-corrected chi connectivity index (χ2v) is 10.4. The number of nitriles is 1. The molecule has 3 fully saturated rings. The number of nitrogens with zero attached hydrogens (tertiary/aromatic N) is 6. The third-order valence-electron chi connectivity index (χ3n) is 7.70. The van der Waals surface area contributed by atoms with E-state index in [0.717, 1.165) is 79.3 Å². The smallest absolute Gasteiger partial charge is 0.227 e. The SMILES string of the molecule is Cc1c(Nc2ncc3cc(Cl)c(C4CCN(C5COC5)CC4)cc3n2)cnn1CC1(C#N)CC1. The molecule has 1 N–H and O–H groups in total. The van der Waals surface area contributed by atoms with Crippen molar-refractivity contribution in [3.8, 4) is 6.07 Å². The van der Waals surface area contributed by atoms with Crippen LogP contribution in [0.4, 0.5) is 11.6 Å². The molecule has 0 spiro atoms. The van der Waals surface area contributed by atoms with Gasteiger partial charge in [-0.25, -0.2) is 9.97 Å². The lowest BCUT2D eigenvalue weighted by Gasteiger charge is -2.41. The molecule has 0 bridgehead atoms. The summed E-state index contributed by atoms with van der Waals surface area (Å²) in [5.41, 5.74) is 3.65. The number of rotatable bonds is 6.